The highest BCUT2D eigenvalue weighted by molar-refractivity contribution is 7.85. The second-order valence-electron chi connectivity index (χ2n) is 5.82. The van der Waals surface area contributed by atoms with Gasteiger partial charge in [-0.15, -0.1) is 0 Å². The minimum absolute atomic E-state index is 0.0461. The highest BCUT2D eigenvalue weighted by Gasteiger charge is 2.27. The molecule has 1 saturated carbocycles. The number of hydrogen-bond donors (Lipinski definition) is 2. The van der Waals surface area contributed by atoms with E-state index in [2.05, 4.69) is 20.4 Å². The van der Waals surface area contributed by atoms with Crippen LogP contribution in [0, 0.1) is 0 Å². The molecule has 24 heavy (non-hydrogen) atoms. The van der Waals surface area contributed by atoms with Gasteiger partial charge < -0.3 is 15.4 Å². The van der Waals surface area contributed by atoms with Crippen LogP contribution in [0.4, 0.5) is 13.2 Å². The van der Waals surface area contributed by atoms with Gasteiger partial charge in [-0.1, -0.05) is 13.3 Å². The van der Waals surface area contributed by atoms with Gasteiger partial charge in [0.1, 0.15) is 6.61 Å². The van der Waals surface area contributed by atoms with Crippen LogP contribution in [0.15, 0.2) is 4.99 Å². The van der Waals surface area contributed by atoms with Crippen LogP contribution in [0.2, 0.25) is 0 Å². The van der Waals surface area contributed by atoms with Gasteiger partial charge in [-0.25, -0.2) is 0 Å². The van der Waals surface area contributed by atoms with Crippen molar-refractivity contribution in [1.82, 2.24) is 10.6 Å². The number of hydrogen-bond acceptors (Lipinski definition) is 3. The predicted octanol–water partition coefficient (Wildman–Crippen LogP) is 2.20. The number of rotatable bonds is 8. The van der Waals surface area contributed by atoms with Gasteiger partial charge in [-0.05, 0) is 25.7 Å². The average Bonchev–Trinajstić information content (AvgIpc) is 2.55. The van der Waals surface area contributed by atoms with Crippen molar-refractivity contribution < 1.29 is 22.1 Å². The van der Waals surface area contributed by atoms with Crippen LogP contribution in [0.3, 0.4) is 0 Å². The van der Waals surface area contributed by atoms with E-state index in [1.165, 1.54) is 0 Å². The highest BCUT2D eigenvalue weighted by Crippen LogP contribution is 2.22. The van der Waals surface area contributed by atoms with Gasteiger partial charge >= 0.3 is 6.18 Å². The molecule has 0 aromatic heterocycles. The summed E-state index contributed by atoms with van der Waals surface area (Å²) in [5.41, 5.74) is 0. The Kier molecular flexibility index (Phi) is 9.65. The maximum Gasteiger partial charge on any atom is 0.411 e. The van der Waals surface area contributed by atoms with Crippen LogP contribution in [0.1, 0.15) is 39.0 Å². The van der Waals surface area contributed by atoms with E-state index < -0.39 is 23.6 Å². The molecule has 5 nitrogen and oxygen atoms in total. The van der Waals surface area contributed by atoms with Crippen molar-refractivity contribution >= 4 is 16.8 Å². The van der Waals surface area contributed by atoms with Gasteiger partial charge in [-0.3, -0.25) is 9.20 Å². The van der Waals surface area contributed by atoms with Crippen molar-refractivity contribution in [2.24, 2.45) is 4.99 Å². The molecule has 0 saturated heterocycles. The Morgan fingerprint density at radius 2 is 2.12 bits per heavy atom. The lowest BCUT2D eigenvalue weighted by Crippen LogP contribution is -2.47. The van der Waals surface area contributed by atoms with E-state index in [1.807, 2.05) is 6.92 Å². The minimum atomic E-state index is -4.28. The van der Waals surface area contributed by atoms with Crippen LogP contribution in [-0.2, 0) is 15.5 Å². The third-order valence-corrected chi connectivity index (χ3v) is 5.61. The number of nitrogens with one attached hydrogen (secondary N) is 2. The second-order valence-corrected chi connectivity index (χ2v) is 7.83. The topological polar surface area (TPSA) is 62.7 Å². The summed E-state index contributed by atoms with van der Waals surface area (Å²) in [6.07, 6.45) is 0.0885. The molecule has 3 atom stereocenters. The zero-order valence-corrected chi connectivity index (χ0v) is 15.1. The van der Waals surface area contributed by atoms with Gasteiger partial charge in [0.15, 0.2) is 5.96 Å². The Morgan fingerprint density at radius 3 is 2.75 bits per heavy atom. The summed E-state index contributed by atoms with van der Waals surface area (Å²) in [7, 11) is 0.877. The highest BCUT2D eigenvalue weighted by atomic mass is 32.2. The SMILES string of the molecule is CCS(=O)C1CCCC(NC(=NC)NCCCOCC(F)(F)F)C1. The van der Waals surface area contributed by atoms with E-state index in [9.17, 15) is 17.4 Å². The lowest BCUT2D eigenvalue weighted by Gasteiger charge is -2.30. The fourth-order valence-corrected chi connectivity index (χ4v) is 4.06. The van der Waals surface area contributed by atoms with E-state index in [4.69, 9.17) is 0 Å². The monoisotopic (exact) mass is 371 g/mol. The quantitative estimate of drug-likeness (QED) is 0.390. The summed E-state index contributed by atoms with van der Waals surface area (Å²) < 4.78 is 52.3. The summed E-state index contributed by atoms with van der Waals surface area (Å²) in [5.74, 6) is 1.31. The van der Waals surface area contributed by atoms with Crippen molar-refractivity contribution in [2.45, 2.75) is 56.5 Å². The summed E-state index contributed by atoms with van der Waals surface area (Å²) in [6.45, 7) is 1.26. The molecule has 0 radical (unpaired) electrons. The Hall–Kier alpha value is -0.830. The van der Waals surface area contributed by atoms with Gasteiger partial charge in [0, 0.05) is 48.0 Å². The molecular formula is C15H28F3N3O2S. The van der Waals surface area contributed by atoms with E-state index in [0.717, 1.165) is 25.7 Å². The lowest BCUT2D eigenvalue weighted by atomic mass is 9.95. The van der Waals surface area contributed by atoms with Crippen molar-refractivity contribution in [3.05, 3.63) is 0 Å². The number of ether oxygens (including phenoxy) is 1. The van der Waals surface area contributed by atoms with Crippen LogP contribution < -0.4 is 10.6 Å². The van der Waals surface area contributed by atoms with Crippen LogP contribution >= 0.6 is 0 Å². The molecule has 0 aliphatic heterocycles. The summed E-state index contributed by atoms with van der Waals surface area (Å²) in [5, 5.41) is 6.62. The number of aliphatic imine (C=N–C) groups is 1. The molecule has 0 aromatic carbocycles. The number of nitrogens with zero attached hydrogens (tertiary/aromatic N) is 1. The van der Waals surface area contributed by atoms with Crippen molar-refractivity contribution in [3.63, 3.8) is 0 Å². The molecule has 1 fully saturated rings. The second kappa shape index (κ2) is 10.9. The number of guanidine groups is 1. The van der Waals surface area contributed by atoms with E-state index in [-0.39, 0.29) is 17.9 Å². The first-order valence-electron chi connectivity index (χ1n) is 8.34. The molecule has 1 aliphatic carbocycles. The summed E-state index contributed by atoms with van der Waals surface area (Å²) in [6, 6.07) is 0.229. The molecule has 3 unspecified atom stereocenters. The maximum absolute atomic E-state index is 12.0. The van der Waals surface area contributed by atoms with Crippen LogP contribution in [0.5, 0.6) is 0 Å². The van der Waals surface area contributed by atoms with Gasteiger partial charge in [-0.2, -0.15) is 13.2 Å². The molecule has 1 rings (SSSR count). The Balaban J connectivity index is 2.24. The molecule has 0 aromatic rings. The van der Waals surface area contributed by atoms with Crippen LogP contribution in [0.25, 0.3) is 0 Å². The Bertz CT molecular complexity index is 419. The third kappa shape index (κ3) is 8.86. The summed E-state index contributed by atoms with van der Waals surface area (Å²) >= 11 is 0. The first kappa shape index (κ1) is 21.2. The van der Waals surface area contributed by atoms with Crippen molar-refractivity contribution in [2.75, 3.05) is 32.6 Å². The molecule has 1 aliphatic rings. The zero-order chi connectivity index (χ0) is 18.0. The Labute approximate surface area is 144 Å². The van der Waals surface area contributed by atoms with Gasteiger partial charge in [0.05, 0.1) is 0 Å². The molecule has 9 heteroatoms. The molecular weight excluding hydrogens is 343 g/mol. The number of halogens is 3. The van der Waals surface area contributed by atoms with Crippen molar-refractivity contribution in [3.8, 4) is 0 Å². The predicted molar refractivity (Wildman–Crippen MR) is 90.7 cm³/mol. The molecule has 0 amide bonds. The molecule has 0 heterocycles. The first-order valence-corrected chi connectivity index (χ1v) is 9.72. The normalized spacial score (nSPS) is 23.8. The van der Waals surface area contributed by atoms with Crippen LogP contribution in [-0.4, -0.2) is 60.2 Å². The third-order valence-electron chi connectivity index (χ3n) is 3.87. The maximum atomic E-state index is 12.0. The van der Waals surface area contributed by atoms with Crippen molar-refractivity contribution in [1.29, 1.82) is 0 Å². The van der Waals surface area contributed by atoms with E-state index in [1.54, 1.807) is 7.05 Å². The molecule has 2 N–H and O–H groups in total. The Morgan fingerprint density at radius 1 is 1.38 bits per heavy atom. The fraction of sp³-hybridized carbons (Fsp3) is 0.933. The van der Waals surface area contributed by atoms with E-state index in [0.29, 0.717) is 24.7 Å². The van der Waals surface area contributed by atoms with Gasteiger partial charge in [0.2, 0.25) is 0 Å². The average molecular weight is 371 g/mol. The van der Waals surface area contributed by atoms with E-state index >= 15 is 0 Å². The minimum Gasteiger partial charge on any atom is -0.372 e. The fourth-order valence-electron chi connectivity index (χ4n) is 2.71. The standard InChI is InChI=1S/C15H28F3N3O2S/c1-3-24(22)13-7-4-6-12(10-13)21-14(19-2)20-8-5-9-23-11-15(16,17)18/h12-13H,3-11H2,1-2H3,(H2,19,20,21). The first-order chi connectivity index (χ1) is 11.4. The smallest absolute Gasteiger partial charge is 0.372 e. The number of alkyl halides is 3. The largest absolute Gasteiger partial charge is 0.411 e. The summed E-state index contributed by atoms with van der Waals surface area (Å²) in [4.78, 5) is 4.13. The van der Waals surface area contributed by atoms with Gasteiger partial charge in [0.25, 0.3) is 0 Å². The lowest BCUT2D eigenvalue weighted by molar-refractivity contribution is -0.173. The zero-order valence-electron chi connectivity index (χ0n) is 14.3. The molecule has 0 bridgehead atoms. The molecule has 142 valence electrons. The molecule has 0 spiro atoms.